The largest absolute Gasteiger partial charge is 0.462 e. The smallest absolute Gasteiger partial charge is 0.341 e. The molecule has 2 N–H and O–H groups in total. The molecule has 8 heteroatoms. The van der Waals surface area contributed by atoms with Crippen LogP contribution in [0, 0.1) is 12.8 Å². The fourth-order valence-electron chi connectivity index (χ4n) is 2.54. The fourth-order valence-corrected chi connectivity index (χ4v) is 3.77. The number of benzene rings is 1. The van der Waals surface area contributed by atoms with Gasteiger partial charge in [-0.2, -0.15) is 0 Å². The molecule has 0 saturated heterocycles. The molecule has 0 saturated carbocycles. The van der Waals surface area contributed by atoms with Crippen LogP contribution in [0.25, 0.3) is 0 Å². The highest BCUT2D eigenvalue weighted by Gasteiger charge is 2.26. The number of thiophene rings is 1. The number of rotatable bonds is 7. The zero-order valence-corrected chi connectivity index (χ0v) is 17.8. The third-order valence-electron chi connectivity index (χ3n) is 3.78. The quantitative estimate of drug-likeness (QED) is 0.606. The van der Waals surface area contributed by atoms with Gasteiger partial charge in [0.15, 0.2) is 0 Å². The molecule has 0 atom stereocenters. The average molecular weight is 423 g/mol. The average Bonchev–Trinajstić information content (AvgIpc) is 2.92. The molecule has 1 heterocycles. The molecule has 0 unspecified atom stereocenters. The van der Waals surface area contributed by atoms with Gasteiger partial charge in [0, 0.05) is 17.1 Å². The van der Waals surface area contributed by atoms with Gasteiger partial charge in [-0.15, -0.1) is 11.3 Å². The third kappa shape index (κ3) is 5.56. The molecule has 0 aliphatic carbocycles. The van der Waals surface area contributed by atoms with Gasteiger partial charge < -0.3 is 15.4 Å². The van der Waals surface area contributed by atoms with Crippen molar-refractivity contribution < 1.29 is 19.1 Å². The van der Waals surface area contributed by atoms with Gasteiger partial charge in [-0.1, -0.05) is 25.4 Å². The molecule has 0 aliphatic heterocycles. The lowest BCUT2D eigenvalue weighted by Gasteiger charge is -2.08. The molecule has 2 rings (SSSR count). The molecule has 2 aromatic rings. The highest BCUT2D eigenvalue weighted by Crippen LogP contribution is 2.34. The van der Waals surface area contributed by atoms with E-state index in [4.69, 9.17) is 16.3 Å². The van der Waals surface area contributed by atoms with Crippen LogP contribution in [0.1, 0.15) is 52.8 Å². The van der Waals surface area contributed by atoms with E-state index in [1.54, 1.807) is 38.1 Å². The molecule has 0 aliphatic rings. The summed E-state index contributed by atoms with van der Waals surface area (Å²) in [5.41, 5.74) is 1.25. The maximum atomic E-state index is 12.7. The van der Waals surface area contributed by atoms with Crippen molar-refractivity contribution in [2.24, 2.45) is 5.92 Å². The van der Waals surface area contributed by atoms with E-state index in [0.717, 1.165) is 11.3 Å². The Morgan fingerprint density at radius 3 is 2.36 bits per heavy atom. The Balaban J connectivity index is 2.34. The van der Waals surface area contributed by atoms with Crippen molar-refractivity contribution in [2.45, 2.75) is 34.1 Å². The number of amides is 2. The summed E-state index contributed by atoms with van der Waals surface area (Å²) in [6, 6.07) is 6.70. The second-order valence-electron chi connectivity index (χ2n) is 6.59. The minimum atomic E-state index is -0.568. The van der Waals surface area contributed by atoms with Gasteiger partial charge in [0.25, 0.3) is 5.91 Å². The lowest BCUT2D eigenvalue weighted by molar-refractivity contribution is -0.116. The minimum Gasteiger partial charge on any atom is -0.462 e. The zero-order chi connectivity index (χ0) is 20.8. The Hall–Kier alpha value is -2.38. The summed E-state index contributed by atoms with van der Waals surface area (Å²) >= 11 is 6.92. The predicted molar refractivity (Wildman–Crippen MR) is 113 cm³/mol. The molecule has 0 radical (unpaired) electrons. The van der Waals surface area contributed by atoms with Crippen LogP contribution < -0.4 is 10.6 Å². The maximum Gasteiger partial charge on any atom is 0.341 e. The number of anilines is 2. The predicted octanol–water partition coefficient (Wildman–Crippen LogP) is 5.12. The number of carbonyl (C=O) groups excluding carboxylic acids is 3. The molecule has 1 aromatic heterocycles. The Labute approximate surface area is 173 Å². The highest BCUT2D eigenvalue weighted by molar-refractivity contribution is 7.18. The van der Waals surface area contributed by atoms with Crippen LogP contribution >= 0.6 is 22.9 Å². The van der Waals surface area contributed by atoms with E-state index in [2.05, 4.69) is 10.6 Å². The van der Waals surface area contributed by atoms with E-state index < -0.39 is 5.97 Å². The first-order valence-corrected chi connectivity index (χ1v) is 10.1. The van der Waals surface area contributed by atoms with Crippen molar-refractivity contribution in [3.8, 4) is 0 Å². The molecule has 6 nitrogen and oxygen atoms in total. The molecule has 0 spiro atoms. The van der Waals surface area contributed by atoms with Crippen molar-refractivity contribution in [1.82, 2.24) is 0 Å². The summed E-state index contributed by atoms with van der Waals surface area (Å²) in [6.45, 7) is 7.41. The van der Waals surface area contributed by atoms with E-state index in [9.17, 15) is 14.4 Å². The molecule has 0 fully saturated rings. The van der Waals surface area contributed by atoms with Gasteiger partial charge in [-0.3, -0.25) is 9.59 Å². The van der Waals surface area contributed by atoms with Gasteiger partial charge in [0.1, 0.15) is 5.00 Å². The van der Waals surface area contributed by atoms with Crippen LogP contribution in [0.5, 0.6) is 0 Å². The molecule has 2 amide bonds. The van der Waals surface area contributed by atoms with Crippen LogP contribution in [0.4, 0.5) is 10.7 Å². The summed E-state index contributed by atoms with van der Waals surface area (Å²) in [6.07, 6.45) is 0.311. The van der Waals surface area contributed by atoms with Gasteiger partial charge in [0.05, 0.1) is 17.0 Å². The summed E-state index contributed by atoms with van der Waals surface area (Å²) in [5, 5.41) is 6.40. The van der Waals surface area contributed by atoms with E-state index in [-0.39, 0.29) is 29.9 Å². The standard InChI is InChI=1S/C20H23ClN2O4S/c1-5-27-20(26)16-12(4)17(28-19(16)23-15(24)10-11(2)3)18(25)22-14-8-6-13(21)7-9-14/h6-9,11H,5,10H2,1-4H3,(H,22,25)(H,23,24). The first-order valence-electron chi connectivity index (χ1n) is 8.90. The SMILES string of the molecule is CCOC(=O)c1c(NC(=O)CC(C)C)sc(C(=O)Nc2ccc(Cl)cc2)c1C. The van der Waals surface area contributed by atoms with E-state index in [1.807, 2.05) is 13.8 Å². The van der Waals surface area contributed by atoms with Gasteiger partial charge in [-0.05, 0) is 49.6 Å². The number of hydrogen-bond acceptors (Lipinski definition) is 5. The normalized spacial score (nSPS) is 10.6. The van der Waals surface area contributed by atoms with E-state index in [1.165, 1.54) is 0 Å². The van der Waals surface area contributed by atoms with Gasteiger partial charge in [-0.25, -0.2) is 4.79 Å². The van der Waals surface area contributed by atoms with Crippen molar-refractivity contribution in [2.75, 3.05) is 17.2 Å². The second kappa shape index (κ2) is 9.71. The van der Waals surface area contributed by atoms with E-state index in [0.29, 0.717) is 32.6 Å². The minimum absolute atomic E-state index is 0.166. The Kier molecular flexibility index (Phi) is 7.60. The van der Waals surface area contributed by atoms with Crippen molar-refractivity contribution >= 4 is 51.4 Å². The Morgan fingerprint density at radius 2 is 1.79 bits per heavy atom. The second-order valence-corrected chi connectivity index (χ2v) is 8.05. The highest BCUT2D eigenvalue weighted by atomic mass is 35.5. The zero-order valence-electron chi connectivity index (χ0n) is 16.2. The Morgan fingerprint density at radius 1 is 1.14 bits per heavy atom. The molecular weight excluding hydrogens is 400 g/mol. The monoisotopic (exact) mass is 422 g/mol. The Bertz CT molecular complexity index is 875. The van der Waals surface area contributed by atoms with Crippen LogP contribution in [-0.4, -0.2) is 24.4 Å². The number of halogens is 1. The summed E-state index contributed by atoms with van der Waals surface area (Å²) in [7, 11) is 0. The van der Waals surface area contributed by atoms with Crippen LogP contribution in [0.2, 0.25) is 5.02 Å². The van der Waals surface area contributed by atoms with E-state index >= 15 is 0 Å². The third-order valence-corrected chi connectivity index (χ3v) is 5.24. The number of esters is 1. The number of hydrogen-bond donors (Lipinski definition) is 2. The molecular formula is C20H23ClN2O4S. The molecule has 150 valence electrons. The van der Waals surface area contributed by atoms with Crippen LogP contribution in [-0.2, 0) is 9.53 Å². The topological polar surface area (TPSA) is 84.5 Å². The van der Waals surface area contributed by atoms with Crippen molar-refractivity contribution in [3.63, 3.8) is 0 Å². The molecule has 28 heavy (non-hydrogen) atoms. The first-order chi connectivity index (χ1) is 13.2. The maximum absolute atomic E-state index is 12.7. The number of ether oxygens (including phenoxy) is 1. The lowest BCUT2D eigenvalue weighted by atomic mass is 10.1. The van der Waals surface area contributed by atoms with Crippen molar-refractivity contribution in [3.05, 3.63) is 45.3 Å². The molecule has 1 aromatic carbocycles. The fraction of sp³-hybridized carbons (Fsp3) is 0.350. The van der Waals surface area contributed by atoms with Gasteiger partial charge >= 0.3 is 5.97 Å². The van der Waals surface area contributed by atoms with Crippen molar-refractivity contribution in [1.29, 1.82) is 0 Å². The van der Waals surface area contributed by atoms with Gasteiger partial charge in [0.2, 0.25) is 5.91 Å². The molecule has 0 bridgehead atoms. The lowest BCUT2D eigenvalue weighted by Crippen LogP contribution is -2.16. The number of nitrogens with one attached hydrogen (secondary N) is 2. The van der Waals surface area contributed by atoms with Crippen LogP contribution in [0.3, 0.4) is 0 Å². The first kappa shape index (κ1) is 21.9. The summed E-state index contributed by atoms with van der Waals surface area (Å²) in [5.74, 6) is -0.993. The van der Waals surface area contributed by atoms with Crippen LogP contribution in [0.15, 0.2) is 24.3 Å². The summed E-state index contributed by atoms with van der Waals surface area (Å²) in [4.78, 5) is 37.7. The number of carbonyl (C=O) groups is 3. The summed E-state index contributed by atoms with van der Waals surface area (Å²) < 4.78 is 5.11.